The fourth-order valence-corrected chi connectivity index (χ4v) is 5.30. The lowest BCUT2D eigenvalue weighted by Gasteiger charge is -2.40. The third kappa shape index (κ3) is 3.54. The lowest BCUT2D eigenvalue weighted by atomic mass is 9.16. The molecule has 0 saturated carbocycles. The van der Waals surface area contributed by atoms with Crippen molar-refractivity contribution in [2.45, 2.75) is 19.6 Å². The van der Waals surface area contributed by atoms with Gasteiger partial charge >= 0.3 is 0 Å². The van der Waals surface area contributed by atoms with Crippen LogP contribution in [0.2, 0.25) is 19.6 Å². The molecule has 0 aliphatic carbocycles. The van der Waals surface area contributed by atoms with Gasteiger partial charge in [-0.3, -0.25) is 0 Å². The summed E-state index contributed by atoms with van der Waals surface area (Å²) >= 11 is 0. The summed E-state index contributed by atoms with van der Waals surface area (Å²) < 4.78 is 0. The van der Waals surface area contributed by atoms with Gasteiger partial charge in [0.2, 0.25) is 0 Å². The maximum atomic E-state index is 4.81. The van der Waals surface area contributed by atoms with Crippen molar-refractivity contribution in [1.29, 1.82) is 0 Å². The second kappa shape index (κ2) is 7.76. The van der Waals surface area contributed by atoms with Crippen LogP contribution in [0.5, 0.6) is 0 Å². The van der Waals surface area contributed by atoms with Crippen LogP contribution in [0.4, 0.5) is 0 Å². The summed E-state index contributed by atoms with van der Waals surface area (Å²) in [4.78, 5) is 14.4. The zero-order valence-electron chi connectivity index (χ0n) is 17.2. The summed E-state index contributed by atoms with van der Waals surface area (Å²) in [7, 11) is -1.39. The molecule has 29 heavy (non-hydrogen) atoms. The van der Waals surface area contributed by atoms with Gasteiger partial charge in [0.05, 0.1) is 8.07 Å². The molecule has 0 amide bonds. The average Bonchev–Trinajstić information content (AvgIpc) is 2.76. The second-order valence-electron chi connectivity index (χ2n) is 8.50. The van der Waals surface area contributed by atoms with Crippen LogP contribution >= 0.6 is 0 Å². The van der Waals surface area contributed by atoms with E-state index in [9.17, 15) is 0 Å². The van der Waals surface area contributed by atoms with Gasteiger partial charge in [0.25, 0.3) is 0 Å². The maximum Gasteiger partial charge on any atom is 0.168 e. The highest BCUT2D eigenvalue weighted by molar-refractivity contribution is 7.18. The van der Waals surface area contributed by atoms with Crippen LogP contribution < -0.4 is 27.4 Å². The van der Waals surface area contributed by atoms with Crippen molar-refractivity contribution in [3.05, 3.63) is 97.5 Å². The molecule has 1 aromatic carbocycles. The molecule has 0 radical (unpaired) electrons. The van der Waals surface area contributed by atoms with Crippen molar-refractivity contribution in [2.24, 2.45) is 0 Å². The molecule has 0 aliphatic rings. The van der Waals surface area contributed by atoms with Gasteiger partial charge in [-0.05, 0) is 18.2 Å². The molecule has 0 fully saturated rings. The van der Waals surface area contributed by atoms with Gasteiger partial charge in [-0.25, -0.2) is 0 Å². The quantitative estimate of drug-likeness (QED) is 0.485. The molecule has 0 saturated heterocycles. The first-order valence-electron chi connectivity index (χ1n) is 10.0. The van der Waals surface area contributed by atoms with E-state index in [1.165, 1.54) is 10.6 Å². The molecule has 0 bridgehead atoms. The molecule has 144 valence electrons. The third-order valence-corrected chi connectivity index (χ3v) is 7.74. The van der Waals surface area contributed by atoms with E-state index in [0.717, 1.165) is 16.8 Å². The highest BCUT2D eigenvalue weighted by Gasteiger charge is 2.36. The van der Waals surface area contributed by atoms with Crippen LogP contribution in [0.3, 0.4) is 0 Å². The minimum Gasteiger partial charge on any atom is -0.302 e. The predicted octanol–water partition coefficient (Wildman–Crippen LogP) is 1.79. The van der Waals surface area contributed by atoms with Crippen molar-refractivity contribution in [3.8, 4) is 0 Å². The van der Waals surface area contributed by atoms with Crippen LogP contribution in [0, 0.1) is 0 Å². The summed E-state index contributed by atoms with van der Waals surface area (Å²) in [5.74, 6) is 0. The average molecular weight is 394 g/mol. The van der Waals surface area contributed by atoms with Crippen LogP contribution in [-0.2, 0) is 0 Å². The maximum absolute atomic E-state index is 4.81. The standard InChI is InChI=1S/C24H25BN3Si/c1-29(2,3)21-15-13-20(14-16-21)25(22-10-4-7-17-26-22,23-11-5-8-18-27-23)24-12-6-9-19-28-24/h4-19H,1-3H3/q-1. The van der Waals surface area contributed by atoms with E-state index >= 15 is 0 Å². The van der Waals surface area contributed by atoms with E-state index < -0.39 is 14.2 Å². The summed E-state index contributed by atoms with van der Waals surface area (Å²) in [6, 6.07) is 27.3. The Kier molecular flexibility index (Phi) is 5.16. The fourth-order valence-electron chi connectivity index (χ4n) is 4.13. The van der Waals surface area contributed by atoms with Crippen molar-refractivity contribution in [1.82, 2.24) is 15.0 Å². The molecule has 0 unspecified atom stereocenters. The van der Waals surface area contributed by atoms with Crippen molar-refractivity contribution in [2.75, 3.05) is 0 Å². The van der Waals surface area contributed by atoms with Gasteiger partial charge < -0.3 is 15.0 Å². The van der Waals surface area contributed by atoms with Crippen LogP contribution in [0.25, 0.3) is 0 Å². The Morgan fingerprint density at radius 2 is 0.966 bits per heavy atom. The van der Waals surface area contributed by atoms with E-state index in [-0.39, 0.29) is 0 Å². The molecule has 0 spiro atoms. The molecular formula is C24H25BN3Si-. The van der Waals surface area contributed by atoms with Crippen molar-refractivity contribution < 1.29 is 0 Å². The Labute approximate surface area is 173 Å². The molecule has 3 heterocycles. The van der Waals surface area contributed by atoms with Gasteiger partial charge in [-0.15, -0.1) is 16.8 Å². The van der Waals surface area contributed by atoms with Gasteiger partial charge in [-0.2, -0.15) is 5.46 Å². The lowest BCUT2D eigenvalue weighted by molar-refractivity contribution is 1.32. The number of rotatable bonds is 5. The van der Waals surface area contributed by atoms with Crippen molar-refractivity contribution in [3.63, 3.8) is 0 Å². The van der Waals surface area contributed by atoms with Crippen LogP contribution in [0.1, 0.15) is 0 Å². The smallest absolute Gasteiger partial charge is 0.168 e. The first kappa shape index (κ1) is 19.3. The lowest BCUT2D eigenvalue weighted by Crippen LogP contribution is -2.77. The predicted molar refractivity (Wildman–Crippen MR) is 126 cm³/mol. The summed E-state index contributed by atoms with van der Waals surface area (Å²) in [6.45, 7) is 7.12. The Balaban J connectivity index is 2.06. The SMILES string of the molecule is C[Si](C)(C)c1ccc([B-](c2ccccn2)(c2ccccn2)c2ccccn2)cc1. The number of hydrogen-bond acceptors (Lipinski definition) is 3. The normalized spacial score (nSPS) is 12.0. The highest BCUT2D eigenvalue weighted by atomic mass is 28.3. The van der Waals surface area contributed by atoms with Gasteiger partial charge in [-0.1, -0.05) is 85.5 Å². The number of nitrogens with zero attached hydrogens (tertiary/aromatic N) is 3. The van der Waals surface area contributed by atoms with E-state index in [1.807, 2.05) is 55.0 Å². The van der Waals surface area contributed by atoms with Gasteiger partial charge in [0.1, 0.15) is 0 Å². The Bertz CT molecular complexity index is 967. The number of benzene rings is 1. The molecule has 3 aromatic heterocycles. The van der Waals surface area contributed by atoms with E-state index in [0.29, 0.717) is 0 Å². The molecular weight excluding hydrogens is 369 g/mol. The summed E-state index contributed by atoms with van der Waals surface area (Å²) in [6.07, 6.45) is 3.98. The van der Waals surface area contributed by atoms with Crippen LogP contribution in [-0.4, -0.2) is 29.2 Å². The minimum atomic E-state index is -1.59. The largest absolute Gasteiger partial charge is 0.302 e. The third-order valence-electron chi connectivity index (χ3n) is 5.67. The zero-order valence-corrected chi connectivity index (χ0v) is 18.2. The van der Waals surface area contributed by atoms with E-state index in [2.05, 4.69) is 62.1 Å². The molecule has 0 atom stereocenters. The molecule has 4 rings (SSSR count). The zero-order chi connectivity index (χ0) is 20.3. The highest BCUT2D eigenvalue weighted by Crippen LogP contribution is 2.07. The van der Waals surface area contributed by atoms with Crippen molar-refractivity contribution >= 4 is 41.6 Å². The van der Waals surface area contributed by atoms with Crippen LogP contribution in [0.15, 0.2) is 97.5 Å². The Morgan fingerprint density at radius 3 is 1.28 bits per heavy atom. The minimum absolute atomic E-state index is 0.977. The molecule has 4 aromatic rings. The van der Waals surface area contributed by atoms with Gasteiger partial charge in [0, 0.05) is 18.6 Å². The molecule has 5 heteroatoms. The summed E-state index contributed by atoms with van der Waals surface area (Å²) in [5, 5.41) is 1.44. The fraction of sp³-hybridized carbons (Fsp3) is 0.125. The van der Waals surface area contributed by atoms with E-state index in [4.69, 9.17) is 15.0 Å². The number of aromatic nitrogens is 3. The first-order chi connectivity index (χ1) is 14.0. The molecule has 0 aliphatic heterocycles. The Hall–Kier alpha value is -3.05. The number of pyridine rings is 3. The number of hydrogen-bond donors (Lipinski definition) is 0. The molecule has 3 nitrogen and oxygen atoms in total. The monoisotopic (exact) mass is 394 g/mol. The Morgan fingerprint density at radius 1 is 0.552 bits per heavy atom. The molecule has 0 N–H and O–H groups in total. The first-order valence-corrected chi connectivity index (χ1v) is 13.5. The topological polar surface area (TPSA) is 38.7 Å². The second-order valence-corrected chi connectivity index (χ2v) is 13.6. The summed E-state index contributed by atoms with van der Waals surface area (Å²) in [5.41, 5.74) is 4.12. The van der Waals surface area contributed by atoms with E-state index in [1.54, 1.807) is 0 Å². The van der Waals surface area contributed by atoms with Gasteiger partial charge in [0.15, 0.2) is 6.15 Å².